The Bertz CT molecular complexity index is 922. The number of hydrogen-bond acceptors (Lipinski definition) is 9. The average Bonchev–Trinajstić information content (AvgIpc) is 3.18. The van der Waals surface area contributed by atoms with Crippen molar-refractivity contribution in [2.45, 2.75) is 123 Å². The van der Waals surface area contributed by atoms with E-state index in [1.165, 1.54) is 57.8 Å². The summed E-state index contributed by atoms with van der Waals surface area (Å²) in [5, 5.41) is 14.1. The maximum Gasteiger partial charge on any atom is 0.242 e. The van der Waals surface area contributed by atoms with Crippen LogP contribution in [0.4, 0.5) is 0 Å². The average molecular weight is 904 g/mol. The Morgan fingerprint density at radius 2 is 0.889 bits per heavy atom. The van der Waals surface area contributed by atoms with Crippen molar-refractivity contribution in [3.05, 3.63) is 0 Å². The maximum atomic E-state index is 12.5. The lowest BCUT2D eigenvalue weighted by molar-refractivity contribution is -0.128. The van der Waals surface area contributed by atoms with Crippen LogP contribution in [0.5, 0.6) is 0 Å². The number of unbranched alkanes of at least 4 members (excludes halogenated alkanes) is 10. The Morgan fingerprint density at radius 3 is 1.39 bits per heavy atom. The molecule has 0 rings (SSSR count). The lowest BCUT2D eigenvalue weighted by atomic mass is 10.1. The van der Waals surface area contributed by atoms with Crippen LogP contribution in [-0.2, 0) is 42.9 Å². The molecule has 0 bridgehead atoms. The first kappa shape index (κ1) is 54.3. The highest BCUT2D eigenvalue weighted by atomic mass is 79.9. The van der Waals surface area contributed by atoms with E-state index >= 15 is 0 Å². The van der Waals surface area contributed by atoms with Crippen molar-refractivity contribution < 1.29 is 42.9 Å². The molecule has 0 fully saturated rings. The molecule has 318 valence electrons. The number of nitrogens with one attached hydrogen (secondary N) is 5. The number of amides is 5. The van der Waals surface area contributed by atoms with E-state index in [4.69, 9.17) is 18.9 Å². The van der Waals surface area contributed by atoms with Gasteiger partial charge in [-0.25, -0.2) is 0 Å². The molecule has 5 N–H and O–H groups in total. The molecule has 1 atom stereocenters. The molecule has 0 radical (unpaired) electrons. The number of alkyl halides is 2. The van der Waals surface area contributed by atoms with E-state index in [1.807, 2.05) is 13.8 Å². The summed E-state index contributed by atoms with van der Waals surface area (Å²) < 4.78 is 21.9. The fourth-order valence-corrected chi connectivity index (χ4v) is 5.27. The monoisotopic (exact) mass is 901 g/mol. The van der Waals surface area contributed by atoms with Crippen molar-refractivity contribution in [1.29, 1.82) is 0 Å². The van der Waals surface area contributed by atoms with Gasteiger partial charge in [0.05, 0.1) is 63.5 Å². The summed E-state index contributed by atoms with van der Waals surface area (Å²) in [5.41, 5.74) is 0. The summed E-state index contributed by atoms with van der Waals surface area (Å²) in [6, 6.07) is -0.716. The van der Waals surface area contributed by atoms with Gasteiger partial charge in [0.15, 0.2) is 0 Å². The van der Waals surface area contributed by atoms with Crippen molar-refractivity contribution >= 4 is 61.4 Å². The summed E-state index contributed by atoms with van der Waals surface area (Å²) in [5.74, 6) is -0.836. The first-order valence-electron chi connectivity index (χ1n) is 20.1. The predicted octanol–water partition coefficient (Wildman–Crippen LogP) is 4.69. The third-order valence-corrected chi connectivity index (χ3v) is 8.81. The zero-order chi connectivity index (χ0) is 40.3. The van der Waals surface area contributed by atoms with E-state index in [0.717, 1.165) is 12.8 Å². The Hall–Kier alpha value is -1.85. The minimum atomic E-state index is -0.716. The fourth-order valence-electron chi connectivity index (χ4n) is 4.91. The largest absolute Gasteiger partial charge is 0.379 e. The highest BCUT2D eigenvalue weighted by molar-refractivity contribution is 9.09. The van der Waals surface area contributed by atoms with Crippen LogP contribution < -0.4 is 26.6 Å². The van der Waals surface area contributed by atoms with E-state index in [-0.39, 0.29) is 66.4 Å². The van der Waals surface area contributed by atoms with Gasteiger partial charge in [-0.3, -0.25) is 24.0 Å². The molecule has 0 aromatic carbocycles. The van der Waals surface area contributed by atoms with Crippen LogP contribution in [0, 0.1) is 0 Å². The van der Waals surface area contributed by atoms with Crippen LogP contribution in [0.2, 0.25) is 0 Å². The lowest BCUT2D eigenvalue weighted by Crippen LogP contribution is -2.48. The second kappa shape index (κ2) is 43.9. The van der Waals surface area contributed by atoms with Crippen molar-refractivity contribution in [3.63, 3.8) is 0 Å². The lowest BCUT2D eigenvalue weighted by Gasteiger charge is -2.18. The molecule has 0 aliphatic heterocycles. The van der Waals surface area contributed by atoms with Gasteiger partial charge < -0.3 is 45.5 Å². The van der Waals surface area contributed by atoms with E-state index < -0.39 is 6.04 Å². The molecule has 54 heavy (non-hydrogen) atoms. The number of halogens is 2. The first-order valence-corrected chi connectivity index (χ1v) is 22.4. The van der Waals surface area contributed by atoms with Gasteiger partial charge in [0.2, 0.25) is 29.5 Å². The van der Waals surface area contributed by atoms with Crippen LogP contribution in [0.3, 0.4) is 0 Å². The van der Waals surface area contributed by atoms with Crippen LogP contribution in [0.15, 0.2) is 0 Å². The molecular formula is C38H73Br2N5O9. The molecule has 16 heteroatoms. The molecule has 0 saturated heterocycles. The van der Waals surface area contributed by atoms with E-state index in [0.29, 0.717) is 78.5 Å². The van der Waals surface area contributed by atoms with E-state index in [1.54, 1.807) is 0 Å². The molecule has 14 nitrogen and oxygen atoms in total. The molecule has 0 aromatic rings. The molecule has 1 unspecified atom stereocenters. The number of carbonyl (C=O) groups is 5. The van der Waals surface area contributed by atoms with Crippen LogP contribution in [-0.4, -0.2) is 125 Å². The van der Waals surface area contributed by atoms with Gasteiger partial charge in [0.25, 0.3) is 0 Å². The minimum Gasteiger partial charge on any atom is -0.379 e. The van der Waals surface area contributed by atoms with Gasteiger partial charge in [-0.1, -0.05) is 117 Å². The summed E-state index contributed by atoms with van der Waals surface area (Å²) in [4.78, 5) is 59.5. The van der Waals surface area contributed by atoms with Gasteiger partial charge in [-0.05, 0) is 19.3 Å². The smallest absolute Gasteiger partial charge is 0.242 e. The summed E-state index contributed by atoms with van der Waals surface area (Å²) in [6.07, 6.45) is 15.6. The van der Waals surface area contributed by atoms with Crippen molar-refractivity contribution in [1.82, 2.24) is 26.6 Å². The molecule has 5 amide bonds. The first-order chi connectivity index (χ1) is 26.3. The summed E-state index contributed by atoms with van der Waals surface area (Å²) in [7, 11) is 0. The number of ether oxygens (including phenoxy) is 4. The Morgan fingerprint density at radius 1 is 0.463 bits per heavy atom. The normalized spacial score (nSPS) is 11.2. The Labute approximate surface area is 342 Å². The standard InChI is InChI=1S/C36H67Br2N5O9.C2H6/c1-2-3-4-5-6-7-8-9-10-11-12-15-32(44)40-18-22-50-27-28-51-23-19-41-33(45)16-21-49-25-26-52-24-20-42-36(48)31(43-35(47)30-38)14-13-17-39-34(46)29-37;1-2/h31H,2-30H2,1H3,(H,39,46)(H,40,44)(H,41,45)(H,42,48)(H,43,47);1-2H3. The highest BCUT2D eigenvalue weighted by Crippen LogP contribution is 2.12. The van der Waals surface area contributed by atoms with Crippen LogP contribution in [0.25, 0.3) is 0 Å². The molecule has 0 aliphatic rings. The molecule has 0 spiro atoms. The van der Waals surface area contributed by atoms with Gasteiger partial charge in [0.1, 0.15) is 6.04 Å². The number of rotatable bonds is 38. The van der Waals surface area contributed by atoms with Crippen molar-refractivity contribution in [2.24, 2.45) is 0 Å². The summed E-state index contributed by atoms with van der Waals surface area (Å²) >= 11 is 6.15. The van der Waals surface area contributed by atoms with Crippen molar-refractivity contribution in [2.75, 3.05) is 89.7 Å². The summed E-state index contributed by atoms with van der Waals surface area (Å²) in [6.45, 7) is 10.5. The van der Waals surface area contributed by atoms with Crippen LogP contribution >= 0.6 is 31.9 Å². The third kappa shape index (κ3) is 39.8. The highest BCUT2D eigenvalue weighted by Gasteiger charge is 2.19. The maximum absolute atomic E-state index is 12.5. The molecule has 0 aliphatic carbocycles. The topological polar surface area (TPSA) is 182 Å². The molecular weight excluding hydrogens is 830 g/mol. The fraction of sp³-hybridized carbons (Fsp3) is 0.868. The van der Waals surface area contributed by atoms with Crippen molar-refractivity contribution in [3.8, 4) is 0 Å². The Kier molecular flexibility index (Phi) is 44.1. The van der Waals surface area contributed by atoms with Gasteiger partial charge in [-0.2, -0.15) is 0 Å². The number of hydrogen-bond donors (Lipinski definition) is 5. The zero-order valence-electron chi connectivity index (χ0n) is 33.5. The molecule has 0 saturated carbocycles. The second-order valence-electron chi connectivity index (χ2n) is 12.4. The van der Waals surface area contributed by atoms with Gasteiger partial charge in [-0.15, -0.1) is 0 Å². The SMILES string of the molecule is CC.CCCCCCCCCCCCCC(=O)NCCOCCOCCNC(=O)CCOCCOCCNC(=O)C(CCCNC(=O)CBr)NC(=O)CBr. The third-order valence-electron chi connectivity index (χ3n) is 7.79. The van der Waals surface area contributed by atoms with E-state index in [2.05, 4.69) is 65.4 Å². The molecule has 0 heterocycles. The zero-order valence-corrected chi connectivity index (χ0v) is 36.7. The molecule has 0 aromatic heterocycles. The van der Waals surface area contributed by atoms with Gasteiger partial charge >= 0.3 is 0 Å². The number of carbonyl (C=O) groups excluding carboxylic acids is 5. The predicted molar refractivity (Wildman–Crippen MR) is 221 cm³/mol. The van der Waals surface area contributed by atoms with E-state index in [9.17, 15) is 24.0 Å². The minimum absolute atomic E-state index is 0.0792. The van der Waals surface area contributed by atoms with Gasteiger partial charge in [0, 0.05) is 39.0 Å². The van der Waals surface area contributed by atoms with Crippen LogP contribution in [0.1, 0.15) is 117 Å². The Balaban J connectivity index is 0. The quantitative estimate of drug-likeness (QED) is 0.0434. The second-order valence-corrected chi connectivity index (χ2v) is 13.5.